The molecule has 1 rings (SSSR count). The van der Waals surface area contributed by atoms with E-state index in [2.05, 4.69) is 5.32 Å². The normalized spacial score (nSPS) is 9.95. The van der Waals surface area contributed by atoms with Gasteiger partial charge in [0.25, 0.3) is 0 Å². The monoisotopic (exact) mass is 279 g/mol. The second-order valence-corrected chi connectivity index (χ2v) is 4.45. The first-order chi connectivity index (χ1) is 9.52. The van der Waals surface area contributed by atoms with E-state index in [0.717, 1.165) is 16.9 Å². The van der Waals surface area contributed by atoms with Crippen LogP contribution in [-0.4, -0.2) is 31.6 Å². The van der Waals surface area contributed by atoms with Gasteiger partial charge in [-0.2, -0.15) is 0 Å². The number of carbonyl (C=O) groups excluding carboxylic acids is 2. The van der Waals surface area contributed by atoms with Gasteiger partial charge in [-0.25, -0.2) is 0 Å². The van der Waals surface area contributed by atoms with Gasteiger partial charge < -0.3 is 14.8 Å². The Bertz CT molecular complexity index is 471. The Morgan fingerprint density at radius 1 is 1.25 bits per heavy atom. The van der Waals surface area contributed by atoms with Gasteiger partial charge in [0, 0.05) is 0 Å². The zero-order valence-corrected chi connectivity index (χ0v) is 12.2. The van der Waals surface area contributed by atoms with E-state index in [9.17, 15) is 9.59 Å². The second kappa shape index (κ2) is 8.19. The highest BCUT2D eigenvalue weighted by atomic mass is 16.5. The fraction of sp³-hybridized carbons (Fsp3) is 0.467. The van der Waals surface area contributed by atoms with E-state index in [-0.39, 0.29) is 25.5 Å². The molecule has 0 saturated carbocycles. The number of carbonyl (C=O) groups is 2. The molecule has 5 nitrogen and oxygen atoms in total. The molecule has 0 aliphatic heterocycles. The van der Waals surface area contributed by atoms with Crippen LogP contribution in [0.25, 0.3) is 0 Å². The van der Waals surface area contributed by atoms with E-state index in [1.165, 1.54) is 0 Å². The summed E-state index contributed by atoms with van der Waals surface area (Å²) in [6.45, 7) is 6.14. The molecule has 0 unspecified atom stereocenters. The number of hydrogen-bond acceptors (Lipinski definition) is 4. The fourth-order valence-electron chi connectivity index (χ4n) is 1.59. The minimum Gasteiger partial charge on any atom is -0.493 e. The number of nitrogens with one attached hydrogen (secondary N) is 1. The Morgan fingerprint density at radius 3 is 2.70 bits per heavy atom. The fourth-order valence-corrected chi connectivity index (χ4v) is 1.59. The van der Waals surface area contributed by atoms with Crippen molar-refractivity contribution in [3.63, 3.8) is 0 Å². The quantitative estimate of drug-likeness (QED) is 0.772. The van der Waals surface area contributed by atoms with Crippen LogP contribution in [0.5, 0.6) is 5.75 Å². The highest BCUT2D eigenvalue weighted by Gasteiger charge is 2.07. The average molecular weight is 279 g/mol. The number of rotatable bonds is 7. The van der Waals surface area contributed by atoms with Crippen LogP contribution >= 0.6 is 0 Å². The molecule has 0 heterocycles. The third-order valence-electron chi connectivity index (χ3n) is 2.67. The van der Waals surface area contributed by atoms with Crippen molar-refractivity contribution in [2.24, 2.45) is 0 Å². The molecule has 1 N–H and O–H groups in total. The summed E-state index contributed by atoms with van der Waals surface area (Å²) < 4.78 is 10.3. The summed E-state index contributed by atoms with van der Waals surface area (Å²) in [5, 5.41) is 2.49. The van der Waals surface area contributed by atoms with Gasteiger partial charge in [0.2, 0.25) is 5.91 Å². The Balaban J connectivity index is 2.28. The number of amides is 1. The van der Waals surface area contributed by atoms with Gasteiger partial charge in [-0.1, -0.05) is 12.1 Å². The van der Waals surface area contributed by atoms with Gasteiger partial charge >= 0.3 is 5.97 Å². The van der Waals surface area contributed by atoms with Crippen LogP contribution in [0.3, 0.4) is 0 Å². The van der Waals surface area contributed by atoms with Crippen molar-refractivity contribution in [2.75, 3.05) is 19.8 Å². The van der Waals surface area contributed by atoms with Crippen LogP contribution in [0.15, 0.2) is 18.2 Å². The van der Waals surface area contributed by atoms with E-state index in [1.807, 2.05) is 32.0 Å². The Labute approximate surface area is 119 Å². The maximum atomic E-state index is 11.5. The Kier molecular flexibility index (Phi) is 6.56. The van der Waals surface area contributed by atoms with Gasteiger partial charge in [-0.15, -0.1) is 0 Å². The van der Waals surface area contributed by atoms with Crippen molar-refractivity contribution < 1.29 is 19.1 Å². The minimum atomic E-state index is -0.434. The summed E-state index contributed by atoms with van der Waals surface area (Å²) in [6.07, 6.45) is 0.201. The van der Waals surface area contributed by atoms with Gasteiger partial charge in [0.1, 0.15) is 12.3 Å². The molecule has 0 atom stereocenters. The van der Waals surface area contributed by atoms with E-state index in [0.29, 0.717) is 6.61 Å². The van der Waals surface area contributed by atoms with Crippen LogP contribution in [0, 0.1) is 13.8 Å². The predicted molar refractivity (Wildman–Crippen MR) is 75.7 cm³/mol. The van der Waals surface area contributed by atoms with Crippen molar-refractivity contribution in [1.29, 1.82) is 0 Å². The summed E-state index contributed by atoms with van der Waals surface area (Å²) in [7, 11) is 0. The molecule has 0 fully saturated rings. The second-order valence-electron chi connectivity index (χ2n) is 4.45. The first kappa shape index (κ1) is 16.0. The SMILES string of the molecule is CCOC(=O)CNC(=O)CCOc1cc(C)ccc1C. The molecule has 0 aliphatic carbocycles. The summed E-state index contributed by atoms with van der Waals surface area (Å²) in [4.78, 5) is 22.6. The molecule has 0 bridgehead atoms. The number of ether oxygens (including phenoxy) is 2. The molecule has 0 radical (unpaired) electrons. The molecule has 0 saturated heterocycles. The number of esters is 1. The lowest BCUT2D eigenvalue weighted by molar-refractivity contribution is -0.143. The van der Waals surface area contributed by atoms with Gasteiger partial charge in [0.15, 0.2) is 0 Å². The molecular formula is C15H21NO4. The van der Waals surface area contributed by atoms with Crippen LogP contribution in [0.1, 0.15) is 24.5 Å². The summed E-state index contributed by atoms with van der Waals surface area (Å²) >= 11 is 0. The molecule has 110 valence electrons. The molecule has 20 heavy (non-hydrogen) atoms. The van der Waals surface area contributed by atoms with Gasteiger partial charge in [-0.05, 0) is 38.0 Å². The smallest absolute Gasteiger partial charge is 0.325 e. The summed E-state index contributed by atoms with van der Waals surface area (Å²) in [6, 6.07) is 5.92. The van der Waals surface area contributed by atoms with Crippen molar-refractivity contribution in [3.8, 4) is 5.75 Å². The summed E-state index contributed by atoms with van der Waals surface area (Å²) in [5.41, 5.74) is 2.14. The summed E-state index contributed by atoms with van der Waals surface area (Å²) in [5.74, 6) is 0.114. The maximum Gasteiger partial charge on any atom is 0.325 e. The molecule has 0 spiro atoms. The van der Waals surface area contributed by atoms with Crippen molar-refractivity contribution in [3.05, 3.63) is 29.3 Å². The Morgan fingerprint density at radius 2 is 2.00 bits per heavy atom. The first-order valence-electron chi connectivity index (χ1n) is 6.65. The Hall–Kier alpha value is -2.04. The van der Waals surface area contributed by atoms with Gasteiger partial charge in [-0.3, -0.25) is 9.59 Å². The third kappa shape index (κ3) is 5.73. The van der Waals surface area contributed by atoms with Crippen LogP contribution in [0.4, 0.5) is 0 Å². The van der Waals surface area contributed by atoms with E-state index >= 15 is 0 Å². The highest BCUT2D eigenvalue weighted by Crippen LogP contribution is 2.19. The highest BCUT2D eigenvalue weighted by molar-refractivity contribution is 5.81. The van der Waals surface area contributed by atoms with Crippen LogP contribution in [0.2, 0.25) is 0 Å². The number of hydrogen-bond donors (Lipinski definition) is 1. The number of aryl methyl sites for hydroxylation is 2. The molecule has 1 amide bonds. The van der Waals surface area contributed by atoms with Crippen LogP contribution in [-0.2, 0) is 14.3 Å². The van der Waals surface area contributed by atoms with Gasteiger partial charge in [0.05, 0.1) is 19.6 Å². The standard InChI is InChI=1S/C15H21NO4/c1-4-19-15(18)10-16-14(17)7-8-20-13-9-11(2)5-6-12(13)3/h5-6,9H,4,7-8,10H2,1-3H3,(H,16,17). The van der Waals surface area contributed by atoms with Crippen molar-refractivity contribution in [1.82, 2.24) is 5.32 Å². The molecular weight excluding hydrogens is 258 g/mol. The molecule has 1 aromatic carbocycles. The third-order valence-corrected chi connectivity index (χ3v) is 2.67. The largest absolute Gasteiger partial charge is 0.493 e. The van der Waals surface area contributed by atoms with E-state index in [4.69, 9.17) is 9.47 Å². The zero-order valence-electron chi connectivity index (χ0n) is 12.2. The van der Waals surface area contributed by atoms with E-state index in [1.54, 1.807) is 6.92 Å². The minimum absolute atomic E-state index is 0.101. The molecule has 0 aromatic heterocycles. The van der Waals surface area contributed by atoms with Crippen molar-refractivity contribution >= 4 is 11.9 Å². The van der Waals surface area contributed by atoms with E-state index < -0.39 is 5.97 Å². The number of benzene rings is 1. The first-order valence-corrected chi connectivity index (χ1v) is 6.65. The molecule has 0 aliphatic rings. The topological polar surface area (TPSA) is 64.6 Å². The average Bonchev–Trinajstić information content (AvgIpc) is 2.41. The lowest BCUT2D eigenvalue weighted by Crippen LogP contribution is -2.31. The lowest BCUT2D eigenvalue weighted by Gasteiger charge is -2.10. The maximum absolute atomic E-state index is 11.5. The molecule has 5 heteroatoms. The van der Waals surface area contributed by atoms with Crippen molar-refractivity contribution in [2.45, 2.75) is 27.2 Å². The predicted octanol–water partition coefficient (Wildman–Crippen LogP) is 1.75. The van der Waals surface area contributed by atoms with Crippen LogP contribution < -0.4 is 10.1 Å². The molecule has 1 aromatic rings. The zero-order chi connectivity index (χ0) is 15.0. The lowest BCUT2D eigenvalue weighted by atomic mass is 10.1.